The molecule has 0 unspecified atom stereocenters. The van der Waals surface area contributed by atoms with Crippen molar-refractivity contribution in [3.8, 4) is 11.1 Å². The van der Waals surface area contributed by atoms with Gasteiger partial charge in [-0.1, -0.05) is 18.2 Å². The number of fused-ring (bicyclic) bond motifs is 2. The lowest BCUT2D eigenvalue weighted by atomic mass is 9.66. The van der Waals surface area contributed by atoms with Crippen LogP contribution in [0, 0.1) is 17.6 Å². The van der Waals surface area contributed by atoms with Crippen LogP contribution in [0.25, 0.3) is 11.1 Å². The number of carbonyl (C=O) groups is 2. The molecule has 3 aliphatic rings. The molecule has 2 bridgehead atoms. The number of halogens is 4. The molecule has 7 nitrogen and oxygen atoms in total. The van der Waals surface area contributed by atoms with E-state index in [1.54, 1.807) is 0 Å². The zero-order chi connectivity index (χ0) is 28.9. The van der Waals surface area contributed by atoms with Gasteiger partial charge in [0.25, 0.3) is 12.3 Å². The Bertz CT molecular complexity index is 1390. The zero-order valence-corrected chi connectivity index (χ0v) is 22.7. The number of hydrogen-bond acceptors (Lipinski definition) is 5. The molecule has 2 saturated heterocycles. The lowest BCUT2D eigenvalue weighted by Gasteiger charge is -2.59. The van der Waals surface area contributed by atoms with Crippen molar-refractivity contribution in [2.24, 2.45) is 5.92 Å². The molecule has 2 atom stereocenters. The van der Waals surface area contributed by atoms with Gasteiger partial charge in [-0.25, -0.2) is 30.7 Å². The van der Waals surface area contributed by atoms with Crippen molar-refractivity contribution in [2.75, 3.05) is 6.26 Å². The Morgan fingerprint density at radius 1 is 1.15 bits per heavy atom. The quantitative estimate of drug-likeness (QED) is 0.376. The summed E-state index contributed by atoms with van der Waals surface area (Å²) in [7, 11) is -3.72. The number of ether oxygens (including phenoxy) is 1. The first-order chi connectivity index (χ1) is 18.1. The molecule has 2 aromatic carbocycles. The molecular weight excluding hydrogens is 540 g/mol. The number of rotatable bonds is 8. The Hall–Kier alpha value is -2.99. The van der Waals surface area contributed by atoms with Crippen LogP contribution in [-0.2, 0) is 30.8 Å². The minimum atomic E-state index is -3.72. The molecule has 5 rings (SSSR count). The van der Waals surface area contributed by atoms with Gasteiger partial charge in [0.2, 0.25) is 10.0 Å². The fourth-order valence-electron chi connectivity index (χ4n) is 5.67. The van der Waals surface area contributed by atoms with Gasteiger partial charge in [0, 0.05) is 30.1 Å². The molecule has 0 spiro atoms. The van der Waals surface area contributed by atoms with Gasteiger partial charge in [0.05, 0.1) is 12.3 Å². The van der Waals surface area contributed by atoms with E-state index >= 15 is 4.39 Å². The number of amides is 1. The molecule has 1 amide bonds. The summed E-state index contributed by atoms with van der Waals surface area (Å²) in [6.07, 6.45) is -1.04. The van der Waals surface area contributed by atoms with Gasteiger partial charge in [0.15, 0.2) is 5.60 Å². The van der Waals surface area contributed by atoms with E-state index in [4.69, 9.17) is 4.74 Å². The van der Waals surface area contributed by atoms with Crippen LogP contribution >= 0.6 is 0 Å². The minimum absolute atomic E-state index is 0.0779. The molecule has 2 aromatic rings. The van der Waals surface area contributed by atoms with Gasteiger partial charge in [-0.3, -0.25) is 9.59 Å². The molecule has 0 radical (unpaired) electrons. The highest BCUT2D eigenvalue weighted by Gasteiger charge is 2.55. The van der Waals surface area contributed by atoms with Gasteiger partial charge >= 0.3 is 5.97 Å². The van der Waals surface area contributed by atoms with Gasteiger partial charge in [-0.2, -0.15) is 0 Å². The average molecular weight is 571 g/mol. The number of nitrogens with one attached hydrogen (secondary N) is 1. The summed E-state index contributed by atoms with van der Waals surface area (Å²) in [4.78, 5) is 26.8. The predicted octanol–water partition coefficient (Wildman–Crippen LogP) is 4.36. The molecule has 12 heteroatoms. The number of nitrogens with zero attached hydrogens (tertiary/aromatic N) is 1. The summed E-state index contributed by atoms with van der Waals surface area (Å²) >= 11 is 0. The summed E-state index contributed by atoms with van der Waals surface area (Å²) in [5.74, 6) is -3.06. The highest BCUT2D eigenvalue weighted by Crippen LogP contribution is 2.45. The van der Waals surface area contributed by atoms with Crippen LogP contribution < -0.4 is 4.72 Å². The number of sulfonamides is 1. The van der Waals surface area contributed by atoms with E-state index in [0.717, 1.165) is 18.4 Å². The van der Waals surface area contributed by atoms with E-state index in [1.807, 2.05) is 0 Å². The molecule has 212 valence electrons. The van der Waals surface area contributed by atoms with Crippen molar-refractivity contribution in [2.45, 2.75) is 70.2 Å². The third-order valence-corrected chi connectivity index (χ3v) is 8.01. The van der Waals surface area contributed by atoms with Crippen molar-refractivity contribution < 1.29 is 40.3 Å². The fourth-order valence-corrected chi connectivity index (χ4v) is 6.51. The smallest absolute Gasteiger partial charge is 0.303 e. The second-order valence-electron chi connectivity index (χ2n) is 10.7. The summed E-state index contributed by atoms with van der Waals surface area (Å²) in [5.41, 5.74) is -2.25. The maximum Gasteiger partial charge on any atom is 0.303 e. The van der Waals surface area contributed by atoms with Gasteiger partial charge < -0.3 is 9.64 Å². The lowest BCUT2D eigenvalue weighted by molar-refractivity contribution is -0.179. The lowest BCUT2D eigenvalue weighted by Crippen LogP contribution is -2.72. The Morgan fingerprint density at radius 3 is 2.41 bits per heavy atom. The molecule has 2 heterocycles. The molecule has 1 N–H and O–H groups in total. The van der Waals surface area contributed by atoms with Crippen LogP contribution in [0.2, 0.25) is 0 Å². The highest BCUT2D eigenvalue weighted by molar-refractivity contribution is 7.88. The molecule has 39 heavy (non-hydrogen) atoms. The number of benzene rings is 2. The van der Waals surface area contributed by atoms with E-state index in [1.165, 1.54) is 43.9 Å². The largest absolute Gasteiger partial charge is 0.450 e. The number of hydrogen-bond donors (Lipinski definition) is 1. The molecule has 2 aliphatic heterocycles. The Labute approximate surface area is 224 Å². The highest BCUT2D eigenvalue weighted by atomic mass is 32.2. The molecule has 3 fully saturated rings. The maximum absolute atomic E-state index is 15.9. The Kier molecular flexibility index (Phi) is 7.83. The van der Waals surface area contributed by atoms with Crippen molar-refractivity contribution >= 4 is 21.9 Å². The van der Waals surface area contributed by atoms with Gasteiger partial charge in [-0.05, 0) is 68.4 Å². The summed E-state index contributed by atoms with van der Waals surface area (Å²) < 4.78 is 88.8. The topological polar surface area (TPSA) is 92.8 Å². The van der Waals surface area contributed by atoms with Crippen molar-refractivity contribution in [1.82, 2.24) is 9.62 Å². The first-order valence-electron chi connectivity index (χ1n) is 12.4. The molecule has 1 saturated carbocycles. The van der Waals surface area contributed by atoms with E-state index < -0.39 is 63.2 Å². The van der Waals surface area contributed by atoms with Crippen molar-refractivity contribution in [3.05, 3.63) is 59.2 Å². The minimum Gasteiger partial charge on any atom is -0.450 e. The van der Waals surface area contributed by atoms with Crippen molar-refractivity contribution in [1.29, 1.82) is 0 Å². The molecule has 0 aromatic heterocycles. The second-order valence-corrected chi connectivity index (χ2v) is 12.5. The van der Waals surface area contributed by atoms with Crippen molar-refractivity contribution in [3.63, 3.8) is 0 Å². The van der Waals surface area contributed by atoms with Crippen LogP contribution in [0.15, 0.2) is 36.4 Å². The van der Waals surface area contributed by atoms with Gasteiger partial charge in [0.1, 0.15) is 11.6 Å². The summed E-state index contributed by atoms with van der Waals surface area (Å²) in [6, 6.07) is 5.07. The summed E-state index contributed by atoms with van der Waals surface area (Å²) in [5, 5.41) is 0. The van der Waals surface area contributed by atoms with E-state index in [0.29, 0.717) is 18.9 Å². The molecule has 1 aliphatic carbocycles. The van der Waals surface area contributed by atoms with Crippen LogP contribution in [0.5, 0.6) is 0 Å². The first-order valence-corrected chi connectivity index (χ1v) is 14.3. The van der Waals surface area contributed by atoms with E-state index in [2.05, 4.69) is 4.72 Å². The van der Waals surface area contributed by atoms with Crippen LogP contribution in [0.3, 0.4) is 0 Å². The Morgan fingerprint density at radius 2 is 1.82 bits per heavy atom. The third kappa shape index (κ3) is 6.11. The first kappa shape index (κ1) is 29.0. The zero-order valence-electron chi connectivity index (χ0n) is 21.9. The number of esters is 1. The predicted molar refractivity (Wildman–Crippen MR) is 135 cm³/mol. The normalized spacial score (nSPS) is 22.9. The summed E-state index contributed by atoms with van der Waals surface area (Å²) in [6.45, 7) is 4.04. The second kappa shape index (κ2) is 10.5. The average Bonchev–Trinajstić information content (AvgIpc) is 2.77. The van der Waals surface area contributed by atoms with Crippen LogP contribution in [0.4, 0.5) is 17.6 Å². The van der Waals surface area contributed by atoms with Gasteiger partial charge in [-0.15, -0.1) is 0 Å². The van der Waals surface area contributed by atoms with Crippen LogP contribution in [-0.4, -0.2) is 55.2 Å². The number of carbonyl (C=O) groups excluding carboxylic acids is 2. The Balaban J connectivity index is 1.76. The monoisotopic (exact) mass is 570 g/mol. The van der Waals surface area contributed by atoms with Crippen LogP contribution in [0.1, 0.15) is 51.2 Å². The SMILES string of the molecule is CC(=O)OC(C)(C)C(=O)N1C2CC(C2)[C@H](NS(C)(=O)=O)[C@@H]1Cc1cccc(-c2cc(F)cc(C(F)F)c2)c1F. The maximum atomic E-state index is 15.9. The van der Waals surface area contributed by atoms with E-state index in [-0.39, 0.29) is 35.1 Å². The number of alkyl halides is 2. The molecular formula is C27H30F4N2O5S. The van der Waals surface area contributed by atoms with E-state index in [9.17, 15) is 31.2 Å². The number of piperidine rings is 2. The standard InChI is InChI=1S/C27H30F4N2O5S/c1-14(34)38-27(2,3)26(35)33-20-11-17(12-20)24(32-39(4,36)37)22(33)13-15-6-5-7-21(23(15)29)16-8-18(25(30)31)10-19(28)9-16/h5-10,17,20,22,24-25,32H,11-13H2,1-4H3/t17?,20?,22-,24-/m0/s1. The third-order valence-electron chi connectivity index (χ3n) is 7.31. The fraction of sp³-hybridized carbons (Fsp3) is 0.481.